The number of imidazole rings is 1. The molecular formula is C28H30N2O4. The lowest BCUT2D eigenvalue weighted by molar-refractivity contribution is -0.150. The smallest absolute Gasteiger partial charge is 0.128 e. The van der Waals surface area contributed by atoms with Crippen LogP contribution in [0.4, 0.5) is 0 Å². The molecule has 176 valence electrons. The Morgan fingerprint density at radius 3 is 1.76 bits per heavy atom. The summed E-state index contributed by atoms with van der Waals surface area (Å²) in [5, 5.41) is 11.2. The Morgan fingerprint density at radius 2 is 1.24 bits per heavy atom. The molecule has 0 aliphatic rings. The average molecular weight is 459 g/mol. The van der Waals surface area contributed by atoms with Gasteiger partial charge < -0.3 is 24.3 Å². The van der Waals surface area contributed by atoms with Gasteiger partial charge >= 0.3 is 0 Å². The zero-order valence-electron chi connectivity index (χ0n) is 19.0. The number of nitrogens with zero attached hydrogens (tertiary/aromatic N) is 1. The summed E-state index contributed by atoms with van der Waals surface area (Å²) in [5.41, 5.74) is 3.82. The van der Waals surface area contributed by atoms with E-state index in [1.54, 1.807) is 12.5 Å². The monoisotopic (exact) mass is 458 g/mol. The van der Waals surface area contributed by atoms with Crippen LogP contribution in [0.1, 0.15) is 28.5 Å². The van der Waals surface area contributed by atoms with Gasteiger partial charge in [-0.3, -0.25) is 0 Å². The van der Waals surface area contributed by atoms with Crippen LogP contribution < -0.4 is 0 Å². The van der Waals surface area contributed by atoms with Gasteiger partial charge in [0.15, 0.2) is 0 Å². The van der Waals surface area contributed by atoms with Crippen molar-refractivity contribution in [3.8, 4) is 0 Å². The summed E-state index contributed by atoms with van der Waals surface area (Å²) in [4.78, 5) is 7.28. The number of ether oxygens (including phenoxy) is 3. The minimum atomic E-state index is -0.920. The Balaban J connectivity index is 1.48. The quantitative estimate of drug-likeness (QED) is 0.300. The Morgan fingerprint density at radius 1 is 0.706 bits per heavy atom. The summed E-state index contributed by atoms with van der Waals surface area (Å²) in [7, 11) is 0. The molecule has 0 saturated carbocycles. The number of hydrogen-bond donors (Lipinski definition) is 2. The third kappa shape index (κ3) is 7.10. The minimum Gasteiger partial charge on any atom is -0.388 e. The maximum Gasteiger partial charge on any atom is 0.128 e. The molecule has 3 atom stereocenters. The van der Waals surface area contributed by atoms with Crippen molar-refractivity contribution >= 4 is 0 Å². The largest absolute Gasteiger partial charge is 0.388 e. The molecule has 4 aromatic rings. The fourth-order valence-electron chi connectivity index (χ4n) is 3.68. The predicted octanol–water partition coefficient (Wildman–Crippen LogP) is 4.83. The third-order valence-corrected chi connectivity index (χ3v) is 5.46. The number of hydrogen-bond acceptors (Lipinski definition) is 5. The molecule has 0 unspecified atom stereocenters. The van der Waals surface area contributed by atoms with Crippen molar-refractivity contribution in [2.45, 2.75) is 38.1 Å². The lowest BCUT2D eigenvalue weighted by atomic mass is 10.0. The van der Waals surface area contributed by atoms with Crippen molar-refractivity contribution in [1.29, 1.82) is 0 Å². The highest BCUT2D eigenvalue weighted by molar-refractivity contribution is 5.16. The average Bonchev–Trinajstić information content (AvgIpc) is 3.42. The molecule has 0 radical (unpaired) electrons. The maximum atomic E-state index is 11.2. The lowest BCUT2D eigenvalue weighted by Crippen LogP contribution is -2.39. The van der Waals surface area contributed by atoms with Crippen molar-refractivity contribution in [3.05, 3.63) is 126 Å². The number of aliphatic hydroxyl groups is 1. The van der Waals surface area contributed by atoms with E-state index in [4.69, 9.17) is 14.2 Å². The van der Waals surface area contributed by atoms with E-state index in [1.807, 2.05) is 91.0 Å². The van der Waals surface area contributed by atoms with Crippen molar-refractivity contribution in [3.63, 3.8) is 0 Å². The summed E-state index contributed by atoms with van der Waals surface area (Å²) < 4.78 is 18.4. The zero-order chi connectivity index (χ0) is 23.4. The van der Waals surface area contributed by atoms with Gasteiger partial charge in [0.1, 0.15) is 18.3 Å². The minimum absolute atomic E-state index is 0.105. The number of aromatic amines is 1. The SMILES string of the molecule is O[C@H](COCc1ccccc1)[C@H](OCc1ccccc1)[C@H](OCc1ccccc1)c1cnc[nH]1. The van der Waals surface area contributed by atoms with Crippen molar-refractivity contribution in [2.24, 2.45) is 0 Å². The molecular weight excluding hydrogens is 428 g/mol. The van der Waals surface area contributed by atoms with Crippen LogP contribution in [-0.2, 0) is 34.0 Å². The Hall–Kier alpha value is -3.29. The van der Waals surface area contributed by atoms with Crippen molar-refractivity contribution in [1.82, 2.24) is 9.97 Å². The number of rotatable bonds is 13. The molecule has 34 heavy (non-hydrogen) atoms. The predicted molar refractivity (Wildman–Crippen MR) is 130 cm³/mol. The first kappa shape index (κ1) is 23.9. The molecule has 3 aromatic carbocycles. The number of aromatic nitrogens is 2. The van der Waals surface area contributed by atoms with Crippen LogP contribution in [0.2, 0.25) is 0 Å². The first-order valence-electron chi connectivity index (χ1n) is 11.4. The van der Waals surface area contributed by atoms with Crippen molar-refractivity contribution in [2.75, 3.05) is 6.61 Å². The van der Waals surface area contributed by atoms with Crippen LogP contribution in [-0.4, -0.2) is 33.9 Å². The van der Waals surface area contributed by atoms with Gasteiger partial charge in [0.2, 0.25) is 0 Å². The van der Waals surface area contributed by atoms with E-state index in [0.29, 0.717) is 19.8 Å². The lowest BCUT2D eigenvalue weighted by Gasteiger charge is -2.30. The van der Waals surface area contributed by atoms with Crippen LogP contribution in [0.15, 0.2) is 104 Å². The molecule has 6 nitrogen and oxygen atoms in total. The van der Waals surface area contributed by atoms with Crippen LogP contribution in [0.3, 0.4) is 0 Å². The topological polar surface area (TPSA) is 76.6 Å². The van der Waals surface area contributed by atoms with E-state index < -0.39 is 18.3 Å². The molecule has 0 saturated heterocycles. The molecule has 1 aromatic heterocycles. The van der Waals surface area contributed by atoms with Gasteiger partial charge in [-0.05, 0) is 16.7 Å². The molecule has 0 fully saturated rings. The van der Waals surface area contributed by atoms with Gasteiger partial charge in [-0.1, -0.05) is 91.0 Å². The van der Waals surface area contributed by atoms with Gasteiger partial charge in [-0.2, -0.15) is 0 Å². The van der Waals surface area contributed by atoms with E-state index in [0.717, 1.165) is 22.4 Å². The summed E-state index contributed by atoms with van der Waals surface area (Å²) in [6, 6.07) is 29.7. The third-order valence-electron chi connectivity index (χ3n) is 5.46. The molecule has 6 heteroatoms. The van der Waals surface area contributed by atoms with Gasteiger partial charge in [0, 0.05) is 0 Å². The van der Waals surface area contributed by atoms with E-state index in [9.17, 15) is 5.11 Å². The number of benzene rings is 3. The van der Waals surface area contributed by atoms with E-state index in [2.05, 4.69) is 9.97 Å². The van der Waals surface area contributed by atoms with E-state index in [1.165, 1.54) is 0 Å². The van der Waals surface area contributed by atoms with Crippen LogP contribution in [0.25, 0.3) is 0 Å². The van der Waals surface area contributed by atoms with Crippen LogP contribution in [0.5, 0.6) is 0 Å². The van der Waals surface area contributed by atoms with Crippen molar-refractivity contribution < 1.29 is 19.3 Å². The normalized spacial score (nSPS) is 13.9. The molecule has 4 rings (SSSR count). The Labute approximate surface area is 200 Å². The molecule has 1 heterocycles. The van der Waals surface area contributed by atoms with E-state index in [-0.39, 0.29) is 6.61 Å². The van der Waals surface area contributed by atoms with Gasteiger partial charge in [-0.15, -0.1) is 0 Å². The van der Waals surface area contributed by atoms with Crippen LogP contribution >= 0.6 is 0 Å². The van der Waals surface area contributed by atoms with Gasteiger partial charge in [0.05, 0.1) is 44.6 Å². The summed E-state index contributed by atoms with van der Waals surface area (Å²) in [6.07, 6.45) is 1.13. The molecule has 0 bridgehead atoms. The number of aliphatic hydroxyl groups excluding tert-OH is 1. The molecule has 0 aliphatic carbocycles. The van der Waals surface area contributed by atoms with Gasteiger partial charge in [0.25, 0.3) is 0 Å². The second-order valence-electron chi connectivity index (χ2n) is 8.05. The first-order chi connectivity index (χ1) is 16.8. The molecule has 2 N–H and O–H groups in total. The zero-order valence-corrected chi connectivity index (χ0v) is 19.0. The Kier molecular flexibility index (Phi) is 8.99. The first-order valence-corrected chi connectivity index (χ1v) is 11.4. The maximum absolute atomic E-state index is 11.2. The number of H-pyrrole nitrogens is 1. The Bertz CT molecular complexity index is 1060. The number of nitrogens with one attached hydrogen (secondary N) is 1. The highest BCUT2D eigenvalue weighted by Crippen LogP contribution is 2.27. The molecule has 0 aliphatic heterocycles. The highest BCUT2D eigenvalue weighted by Gasteiger charge is 2.33. The van der Waals surface area contributed by atoms with E-state index >= 15 is 0 Å². The summed E-state index contributed by atoms with van der Waals surface area (Å²) in [6.45, 7) is 1.21. The second-order valence-corrected chi connectivity index (χ2v) is 8.05. The summed E-state index contributed by atoms with van der Waals surface area (Å²) in [5.74, 6) is 0. The standard InChI is InChI=1S/C28H30N2O4/c31-26(20-32-17-22-10-4-1-5-11-22)28(34-19-24-14-8-3-9-15-24)27(25-16-29-21-30-25)33-18-23-12-6-2-7-13-23/h1-16,21,26-28,31H,17-20H2,(H,29,30)/t26-,27-,28+/m1/s1. The summed E-state index contributed by atoms with van der Waals surface area (Å²) >= 11 is 0. The second kappa shape index (κ2) is 12.8. The highest BCUT2D eigenvalue weighted by atomic mass is 16.6. The van der Waals surface area contributed by atoms with Gasteiger partial charge in [-0.25, -0.2) is 4.98 Å². The fraction of sp³-hybridized carbons (Fsp3) is 0.250. The molecule has 0 spiro atoms. The van der Waals surface area contributed by atoms with Crippen LogP contribution in [0, 0.1) is 0 Å². The molecule has 0 amide bonds. The fourth-order valence-corrected chi connectivity index (χ4v) is 3.68.